The summed E-state index contributed by atoms with van der Waals surface area (Å²) in [4.78, 5) is 7.13. The van der Waals surface area contributed by atoms with Gasteiger partial charge in [0.2, 0.25) is 0 Å². The lowest BCUT2D eigenvalue weighted by atomic mass is 9.91. The van der Waals surface area contributed by atoms with Crippen LogP contribution in [0, 0.1) is 0 Å². The first-order valence-corrected chi connectivity index (χ1v) is 8.50. The molecule has 0 bridgehead atoms. The Morgan fingerprint density at radius 1 is 1.25 bits per heavy atom. The minimum absolute atomic E-state index is 0.635. The van der Waals surface area contributed by atoms with Gasteiger partial charge in [0.1, 0.15) is 5.82 Å². The number of halogens is 2. The molecule has 1 heterocycles. The van der Waals surface area contributed by atoms with Crippen molar-refractivity contribution in [3.05, 3.63) is 34.9 Å². The first-order valence-electron chi connectivity index (χ1n) is 7.17. The second kappa shape index (κ2) is 6.31. The fourth-order valence-corrected chi connectivity index (χ4v) is 3.39. The van der Waals surface area contributed by atoms with Crippen molar-refractivity contribution in [3.8, 4) is 0 Å². The number of aromatic nitrogens is 1. The summed E-state index contributed by atoms with van der Waals surface area (Å²) < 4.78 is 1.13. The topological polar surface area (TPSA) is 16.1 Å². The molecule has 0 amide bonds. The lowest BCUT2D eigenvalue weighted by molar-refractivity contribution is 0.384. The highest BCUT2D eigenvalue weighted by Gasteiger charge is 2.26. The van der Waals surface area contributed by atoms with E-state index >= 15 is 0 Å². The zero-order valence-corrected chi connectivity index (χ0v) is 13.7. The third kappa shape index (κ3) is 2.66. The molecular weight excluding hydrogens is 336 g/mol. The van der Waals surface area contributed by atoms with Crippen LogP contribution < -0.4 is 4.90 Å². The summed E-state index contributed by atoms with van der Waals surface area (Å²) in [7, 11) is 0. The van der Waals surface area contributed by atoms with Crippen LogP contribution in [0.5, 0.6) is 0 Å². The summed E-state index contributed by atoms with van der Waals surface area (Å²) >= 11 is 9.52. The average Bonchev–Trinajstić information content (AvgIpc) is 2.41. The lowest BCUT2D eigenvalue weighted by Gasteiger charge is -2.39. The number of benzene rings is 1. The summed E-state index contributed by atoms with van der Waals surface area (Å²) in [5.41, 5.74) is 0. The van der Waals surface area contributed by atoms with E-state index in [1.807, 2.05) is 6.20 Å². The van der Waals surface area contributed by atoms with E-state index in [1.165, 1.54) is 30.0 Å². The highest BCUT2D eigenvalue weighted by molar-refractivity contribution is 9.10. The molecule has 0 radical (unpaired) electrons. The van der Waals surface area contributed by atoms with Crippen molar-refractivity contribution in [1.82, 2.24) is 4.98 Å². The molecule has 2 nitrogen and oxygen atoms in total. The van der Waals surface area contributed by atoms with Crippen molar-refractivity contribution < 1.29 is 0 Å². The van der Waals surface area contributed by atoms with Crippen LogP contribution in [0.1, 0.15) is 25.7 Å². The van der Waals surface area contributed by atoms with Crippen LogP contribution in [-0.2, 0) is 0 Å². The lowest BCUT2D eigenvalue weighted by Crippen LogP contribution is -2.41. The van der Waals surface area contributed by atoms with E-state index in [-0.39, 0.29) is 0 Å². The van der Waals surface area contributed by atoms with Gasteiger partial charge >= 0.3 is 0 Å². The van der Waals surface area contributed by atoms with Gasteiger partial charge in [-0.05, 0) is 37.8 Å². The number of alkyl halides is 1. The third-order valence-corrected chi connectivity index (χ3v) is 5.01. The van der Waals surface area contributed by atoms with Gasteiger partial charge in [-0.1, -0.05) is 28.1 Å². The SMILES string of the molecule is ClCCCN(c1nccc2c(Br)cccc12)C1CCC1. The Labute approximate surface area is 133 Å². The fraction of sp³-hybridized carbons (Fsp3) is 0.438. The van der Waals surface area contributed by atoms with Crippen LogP contribution in [0.3, 0.4) is 0 Å². The van der Waals surface area contributed by atoms with Gasteiger partial charge in [-0.2, -0.15) is 0 Å². The van der Waals surface area contributed by atoms with E-state index in [1.54, 1.807) is 0 Å². The quantitative estimate of drug-likeness (QED) is 0.704. The maximum absolute atomic E-state index is 5.89. The first-order chi connectivity index (χ1) is 9.81. The van der Waals surface area contributed by atoms with Crippen molar-refractivity contribution in [2.75, 3.05) is 17.3 Å². The molecule has 0 N–H and O–H groups in total. The molecule has 1 fully saturated rings. The summed E-state index contributed by atoms with van der Waals surface area (Å²) in [6.07, 6.45) is 6.79. The van der Waals surface area contributed by atoms with Crippen LogP contribution in [0.4, 0.5) is 5.82 Å². The highest BCUT2D eigenvalue weighted by Crippen LogP contribution is 2.34. The molecule has 1 aromatic carbocycles. The Bertz CT molecular complexity index is 598. The zero-order valence-electron chi connectivity index (χ0n) is 11.4. The summed E-state index contributed by atoms with van der Waals surface area (Å²) in [6.45, 7) is 0.993. The molecule has 0 unspecified atom stereocenters. The molecule has 1 aromatic heterocycles. The Morgan fingerprint density at radius 2 is 2.10 bits per heavy atom. The number of hydrogen-bond donors (Lipinski definition) is 0. The number of anilines is 1. The Morgan fingerprint density at radius 3 is 2.80 bits per heavy atom. The van der Waals surface area contributed by atoms with Gasteiger partial charge in [-0.15, -0.1) is 11.6 Å². The van der Waals surface area contributed by atoms with Gasteiger partial charge in [-0.3, -0.25) is 0 Å². The summed E-state index contributed by atoms with van der Waals surface area (Å²) in [6, 6.07) is 9.03. The van der Waals surface area contributed by atoms with E-state index in [9.17, 15) is 0 Å². The van der Waals surface area contributed by atoms with Crippen molar-refractivity contribution in [2.45, 2.75) is 31.7 Å². The van der Waals surface area contributed by atoms with Crippen molar-refractivity contribution in [1.29, 1.82) is 0 Å². The summed E-state index contributed by atoms with van der Waals surface area (Å²) in [5, 5.41) is 2.45. The maximum atomic E-state index is 5.89. The molecule has 0 saturated heterocycles. The Balaban J connectivity index is 2.03. The van der Waals surface area contributed by atoms with Crippen LogP contribution in [-0.4, -0.2) is 23.5 Å². The molecule has 0 aliphatic heterocycles. The molecule has 1 aliphatic rings. The number of nitrogens with zero attached hydrogens (tertiary/aromatic N) is 2. The Hall–Kier alpha value is -0.800. The molecule has 1 saturated carbocycles. The molecule has 3 rings (SSSR count). The van der Waals surface area contributed by atoms with Crippen LogP contribution in [0.25, 0.3) is 10.8 Å². The van der Waals surface area contributed by atoms with Gasteiger partial charge < -0.3 is 4.90 Å². The van der Waals surface area contributed by atoms with Crippen LogP contribution in [0.2, 0.25) is 0 Å². The number of pyridine rings is 1. The second-order valence-corrected chi connectivity index (χ2v) is 6.52. The van der Waals surface area contributed by atoms with Crippen LogP contribution >= 0.6 is 27.5 Å². The van der Waals surface area contributed by atoms with Crippen molar-refractivity contribution in [3.63, 3.8) is 0 Å². The molecule has 20 heavy (non-hydrogen) atoms. The summed E-state index contributed by atoms with van der Waals surface area (Å²) in [5.74, 6) is 1.82. The smallest absolute Gasteiger partial charge is 0.136 e. The fourth-order valence-electron chi connectivity index (χ4n) is 2.77. The third-order valence-electron chi connectivity index (χ3n) is 4.05. The second-order valence-electron chi connectivity index (χ2n) is 5.29. The van der Waals surface area contributed by atoms with E-state index < -0.39 is 0 Å². The molecule has 2 aromatic rings. The van der Waals surface area contributed by atoms with E-state index in [2.05, 4.69) is 50.1 Å². The number of rotatable bonds is 5. The number of hydrogen-bond acceptors (Lipinski definition) is 2. The monoisotopic (exact) mass is 352 g/mol. The van der Waals surface area contributed by atoms with Crippen LogP contribution in [0.15, 0.2) is 34.9 Å². The minimum atomic E-state index is 0.635. The number of fused-ring (bicyclic) bond motifs is 1. The predicted molar refractivity (Wildman–Crippen MR) is 89.8 cm³/mol. The van der Waals surface area contributed by atoms with Gasteiger partial charge in [0.05, 0.1) is 0 Å². The molecule has 0 atom stereocenters. The highest BCUT2D eigenvalue weighted by atomic mass is 79.9. The van der Waals surface area contributed by atoms with Crippen molar-refractivity contribution in [2.24, 2.45) is 0 Å². The van der Waals surface area contributed by atoms with Gasteiger partial charge in [0, 0.05) is 39.9 Å². The molecule has 0 spiro atoms. The van der Waals surface area contributed by atoms with E-state index in [0.717, 1.165) is 23.3 Å². The maximum Gasteiger partial charge on any atom is 0.136 e. The van der Waals surface area contributed by atoms with Gasteiger partial charge in [0.25, 0.3) is 0 Å². The standard InChI is InChI=1S/C16H18BrClN2/c17-15-7-2-6-14-13(15)8-10-19-16(14)20(11-3-9-18)12-4-1-5-12/h2,6-8,10,12H,1,3-5,9,11H2. The zero-order chi connectivity index (χ0) is 13.9. The molecule has 1 aliphatic carbocycles. The van der Waals surface area contributed by atoms with Gasteiger partial charge in [-0.25, -0.2) is 4.98 Å². The normalized spacial score (nSPS) is 15.3. The Kier molecular flexibility index (Phi) is 4.47. The molecular formula is C16H18BrClN2. The molecule has 106 valence electrons. The minimum Gasteiger partial charge on any atom is -0.353 e. The van der Waals surface area contributed by atoms with E-state index in [4.69, 9.17) is 11.6 Å². The average molecular weight is 354 g/mol. The van der Waals surface area contributed by atoms with Gasteiger partial charge in [0.15, 0.2) is 0 Å². The van der Waals surface area contributed by atoms with E-state index in [0.29, 0.717) is 11.9 Å². The van der Waals surface area contributed by atoms with Crippen molar-refractivity contribution >= 4 is 44.1 Å². The molecule has 4 heteroatoms. The predicted octanol–water partition coefficient (Wildman–Crippen LogP) is 4.99. The first kappa shape index (κ1) is 14.2. The largest absolute Gasteiger partial charge is 0.353 e.